The Morgan fingerprint density at radius 1 is 1.85 bits per heavy atom. The van der Waals surface area contributed by atoms with Crippen LogP contribution in [0.25, 0.3) is 0 Å². The lowest BCUT2D eigenvalue weighted by Gasteiger charge is -2.11. The van der Waals surface area contributed by atoms with E-state index in [9.17, 15) is 4.79 Å². The fourth-order valence-corrected chi connectivity index (χ4v) is 1.19. The summed E-state index contributed by atoms with van der Waals surface area (Å²) in [4.78, 5) is 11.0. The van der Waals surface area contributed by atoms with E-state index in [0.717, 1.165) is 5.82 Å². The maximum absolute atomic E-state index is 11.0. The summed E-state index contributed by atoms with van der Waals surface area (Å²) in [6, 6.07) is -0.113. The van der Waals surface area contributed by atoms with E-state index < -0.39 is 0 Å². The summed E-state index contributed by atoms with van der Waals surface area (Å²) >= 11 is 3.07. The Bertz CT molecular complexity index is 298. The van der Waals surface area contributed by atoms with Crippen molar-refractivity contribution >= 4 is 21.8 Å². The molecule has 1 unspecified atom stereocenters. The summed E-state index contributed by atoms with van der Waals surface area (Å²) in [6.07, 6.45) is 1.60. The average Bonchev–Trinajstić information content (AvgIpc) is 2.51. The number of aromatic nitrogens is 3. The van der Waals surface area contributed by atoms with E-state index in [1.807, 2.05) is 14.0 Å². The Labute approximate surface area is 84.7 Å². The molecule has 1 rings (SSSR count). The fourth-order valence-electron chi connectivity index (χ4n) is 1.03. The predicted octanol–water partition coefficient (Wildman–Crippen LogP) is 0.387. The molecule has 0 fully saturated rings. The molecule has 1 heterocycles. The lowest BCUT2D eigenvalue weighted by atomic mass is 10.3. The van der Waals surface area contributed by atoms with Crippen LogP contribution in [-0.2, 0) is 11.8 Å². The Morgan fingerprint density at radius 2 is 2.54 bits per heavy atom. The van der Waals surface area contributed by atoms with E-state index >= 15 is 0 Å². The first-order valence-electron chi connectivity index (χ1n) is 3.84. The molecule has 0 spiro atoms. The number of nitrogens with zero attached hydrogens (tertiary/aromatic N) is 3. The van der Waals surface area contributed by atoms with Gasteiger partial charge in [-0.3, -0.25) is 4.79 Å². The van der Waals surface area contributed by atoms with E-state index in [1.54, 1.807) is 10.9 Å². The number of amides is 1. The van der Waals surface area contributed by atoms with Gasteiger partial charge in [0.2, 0.25) is 5.91 Å². The quantitative estimate of drug-likeness (QED) is 0.786. The van der Waals surface area contributed by atoms with Crippen LogP contribution in [0.5, 0.6) is 0 Å². The van der Waals surface area contributed by atoms with E-state index in [1.165, 1.54) is 0 Å². The second kappa shape index (κ2) is 4.36. The average molecular weight is 247 g/mol. The van der Waals surface area contributed by atoms with Gasteiger partial charge < -0.3 is 9.88 Å². The Balaban J connectivity index is 2.63. The summed E-state index contributed by atoms with van der Waals surface area (Å²) in [6.45, 7) is 1.87. The zero-order valence-electron chi connectivity index (χ0n) is 7.49. The van der Waals surface area contributed by atoms with Crippen molar-refractivity contribution in [2.24, 2.45) is 7.05 Å². The van der Waals surface area contributed by atoms with E-state index in [4.69, 9.17) is 0 Å². The monoisotopic (exact) mass is 246 g/mol. The number of aryl methyl sites for hydroxylation is 1. The van der Waals surface area contributed by atoms with Crippen molar-refractivity contribution in [3.8, 4) is 0 Å². The number of nitrogens with one attached hydrogen (secondary N) is 1. The second-order valence-electron chi connectivity index (χ2n) is 2.72. The number of alkyl halides is 1. The number of halogens is 1. The van der Waals surface area contributed by atoms with Gasteiger partial charge in [0.05, 0.1) is 11.4 Å². The van der Waals surface area contributed by atoms with Crippen LogP contribution in [0.4, 0.5) is 0 Å². The normalized spacial score (nSPS) is 12.5. The number of carbonyl (C=O) groups excluding carboxylic acids is 1. The zero-order chi connectivity index (χ0) is 9.84. The van der Waals surface area contributed by atoms with Gasteiger partial charge in [0.15, 0.2) is 5.82 Å². The molecular formula is C7H11BrN4O. The molecule has 0 bridgehead atoms. The zero-order valence-corrected chi connectivity index (χ0v) is 9.08. The highest BCUT2D eigenvalue weighted by atomic mass is 79.9. The predicted molar refractivity (Wildman–Crippen MR) is 51.4 cm³/mol. The van der Waals surface area contributed by atoms with Gasteiger partial charge in [0, 0.05) is 7.05 Å². The van der Waals surface area contributed by atoms with Crippen LogP contribution in [0.2, 0.25) is 0 Å². The van der Waals surface area contributed by atoms with E-state index in [0.29, 0.717) is 5.33 Å². The molecule has 6 heteroatoms. The van der Waals surface area contributed by atoms with Gasteiger partial charge in [-0.05, 0) is 6.92 Å². The Morgan fingerprint density at radius 3 is 3.00 bits per heavy atom. The number of rotatable bonds is 3. The first-order valence-corrected chi connectivity index (χ1v) is 4.96. The lowest BCUT2D eigenvalue weighted by Crippen LogP contribution is -2.29. The molecule has 0 saturated carbocycles. The topological polar surface area (TPSA) is 59.8 Å². The Hall–Kier alpha value is -0.910. The van der Waals surface area contributed by atoms with Crippen LogP contribution in [-0.4, -0.2) is 26.0 Å². The summed E-state index contributed by atoms with van der Waals surface area (Å²) in [5.74, 6) is 0.685. The van der Waals surface area contributed by atoms with E-state index in [-0.39, 0.29) is 11.9 Å². The van der Waals surface area contributed by atoms with Crippen LogP contribution in [0.15, 0.2) is 6.33 Å². The minimum absolute atomic E-state index is 0.0597. The summed E-state index contributed by atoms with van der Waals surface area (Å²) in [5, 5.41) is 10.7. The molecule has 1 N–H and O–H groups in total. The third-order valence-corrected chi connectivity index (χ3v) is 2.14. The lowest BCUT2D eigenvalue weighted by molar-refractivity contribution is -0.119. The molecule has 0 saturated heterocycles. The van der Waals surface area contributed by atoms with Crippen LogP contribution < -0.4 is 5.32 Å². The largest absolute Gasteiger partial charge is 0.346 e. The molecule has 0 aliphatic rings. The molecule has 5 nitrogen and oxygen atoms in total. The molecule has 0 aliphatic carbocycles. The van der Waals surface area contributed by atoms with Crippen molar-refractivity contribution in [3.63, 3.8) is 0 Å². The van der Waals surface area contributed by atoms with Crippen molar-refractivity contribution in [2.75, 3.05) is 5.33 Å². The van der Waals surface area contributed by atoms with Crippen LogP contribution >= 0.6 is 15.9 Å². The Kier molecular flexibility index (Phi) is 3.41. The maximum atomic E-state index is 11.0. The van der Waals surface area contributed by atoms with Gasteiger partial charge >= 0.3 is 0 Å². The van der Waals surface area contributed by atoms with Gasteiger partial charge in [-0.1, -0.05) is 15.9 Å². The third kappa shape index (κ3) is 2.51. The highest BCUT2D eigenvalue weighted by molar-refractivity contribution is 9.09. The second-order valence-corrected chi connectivity index (χ2v) is 3.28. The van der Waals surface area contributed by atoms with Gasteiger partial charge in [-0.2, -0.15) is 0 Å². The van der Waals surface area contributed by atoms with Crippen molar-refractivity contribution in [3.05, 3.63) is 12.2 Å². The van der Waals surface area contributed by atoms with Crippen molar-refractivity contribution in [1.29, 1.82) is 0 Å². The molecule has 1 aromatic rings. The molecule has 72 valence electrons. The van der Waals surface area contributed by atoms with Gasteiger partial charge in [-0.25, -0.2) is 0 Å². The summed E-state index contributed by atoms with van der Waals surface area (Å²) < 4.78 is 1.78. The molecule has 0 aromatic carbocycles. The van der Waals surface area contributed by atoms with Gasteiger partial charge in [-0.15, -0.1) is 10.2 Å². The molecule has 1 amide bonds. The number of carbonyl (C=O) groups is 1. The number of hydrogen-bond acceptors (Lipinski definition) is 3. The summed E-state index contributed by atoms with van der Waals surface area (Å²) in [7, 11) is 1.84. The number of hydrogen-bond donors (Lipinski definition) is 1. The van der Waals surface area contributed by atoms with E-state index in [2.05, 4.69) is 31.4 Å². The molecule has 1 aromatic heterocycles. The van der Waals surface area contributed by atoms with Crippen LogP contribution in [0.3, 0.4) is 0 Å². The highest BCUT2D eigenvalue weighted by Crippen LogP contribution is 2.06. The SMILES string of the molecule is CC(NC(=O)CBr)c1nncn1C. The first kappa shape index (κ1) is 10.2. The van der Waals surface area contributed by atoms with Gasteiger partial charge in [0.1, 0.15) is 6.33 Å². The van der Waals surface area contributed by atoms with Crippen molar-refractivity contribution in [1.82, 2.24) is 20.1 Å². The molecule has 0 aliphatic heterocycles. The molecular weight excluding hydrogens is 236 g/mol. The van der Waals surface area contributed by atoms with Crippen LogP contribution in [0.1, 0.15) is 18.8 Å². The van der Waals surface area contributed by atoms with Crippen molar-refractivity contribution < 1.29 is 4.79 Å². The molecule has 1 atom stereocenters. The molecule has 0 radical (unpaired) electrons. The standard InChI is InChI=1S/C7H11BrN4O/c1-5(10-6(13)3-8)7-11-9-4-12(7)2/h4-5H,3H2,1-2H3,(H,10,13). The van der Waals surface area contributed by atoms with Crippen molar-refractivity contribution in [2.45, 2.75) is 13.0 Å². The maximum Gasteiger partial charge on any atom is 0.231 e. The third-order valence-electron chi connectivity index (χ3n) is 1.63. The fraction of sp³-hybridized carbons (Fsp3) is 0.571. The minimum Gasteiger partial charge on any atom is -0.346 e. The smallest absolute Gasteiger partial charge is 0.231 e. The highest BCUT2D eigenvalue weighted by Gasteiger charge is 2.12. The molecule has 13 heavy (non-hydrogen) atoms. The first-order chi connectivity index (χ1) is 6.15. The summed E-state index contributed by atoms with van der Waals surface area (Å²) in [5.41, 5.74) is 0. The van der Waals surface area contributed by atoms with Gasteiger partial charge in [0.25, 0.3) is 0 Å². The minimum atomic E-state index is -0.113. The van der Waals surface area contributed by atoms with Crippen LogP contribution in [0, 0.1) is 0 Å².